The second kappa shape index (κ2) is 10.8. The van der Waals surface area contributed by atoms with Gasteiger partial charge in [0, 0.05) is 12.6 Å². The number of aliphatic carboxylic acids is 1. The Morgan fingerprint density at radius 2 is 1.83 bits per heavy atom. The summed E-state index contributed by atoms with van der Waals surface area (Å²) in [5.74, 6) is -0.846. The van der Waals surface area contributed by atoms with Gasteiger partial charge in [0.1, 0.15) is 6.04 Å². The minimum Gasteiger partial charge on any atom is -0.480 e. The second-order valence-corrected chi connectivity index (χ2v) is 6.27. The molecule has 1 unspecified atom stereocenters. The summed E-state index contributed by atoms with van der Waals surface area (Å²) in [4.78, 5) is 22.7. The standard InChI is InChI=1S/C18H28N2O4/c1-13(2)9-16(18(23)24-3)20-11-15(19-12-17(21)22)10-14-7-5-4-6-8-14/h4-8,13,15-16,19-20H,9-12H2,1-3H3,(H,21,22)/t15?,16-/m0/s1. The highest BCUT2D eigenvalue weighted by Gasteiger charge is 2.21. The Bertz CT molecular complexity index is 505. The average Bonchev–Trinajstić information content (AvgIpc) is 2.55. The number of carbonyl (C=O) groups is 2. The van der Waals surface area contributed by atoms with E-state index in [1.54, 1.807) is 0 Å². The largest absolute Gasteiger partial charge is 0.480 e. The van der Waals surface area contributed by atoms with E-state index in [9.17, 15) is 9.59 Å². The topological polar surface area (TPSA) is 87.7 Å². The SMILES string of the molecule is COC(=O)[C@H](CC(C)C)NCC(Cc1ccccc1)NCC(=O)O. The van der Waals surface area contributed by atoms with Crippen LogP contribution >= 0.6 is 0 Å². The first-order valence-electron chi connectivity index (χ1n) is 8.22. The molecule has 134 valence electrons. The number of carboxylic acids is 1. The van der Waals surface area contributed by atoms with Crippen molar-refractivity contribution in [2.45, 2.75) is 38.8 Å². The third kappa shape index (κ3) is 8.08. The number of carbonyl (C=O) groups excluding carboxylic acids is 1. The fourth-order valence-corrected chi connectivity index (χ4v) is 2.51. The Kier molecular flexibility index (Phi) is 9.04. The van der Waals surface area contributed by atoms with Crippen molar-refractivity contribution in [3.63, 3.8) is 0 Å². The summed E-state index contributed by atoms with van der Waals surface area (Å²) in [5, 5.41) is 15.1. The van der Waals surface area contributed by atoms with Crippen molar-refractivity contribution in [1.29, 1.82) is 0 Å². The number of carboxylic acid groups (broad SMARTS) is 1. The van der Waals surface area contributed by atoms with Crippen molar-refractivity contribution in [1.82, 2.24) is 10.6 Å². The minimum atomic E-state index is -0.903. The maximum Gasteiger partial charge on any atom is 0.322 e. The van der Waals surface area contributed by atoms with Crippen LogP contribution in [-0.2, 0) is 20.7 Å². The molecule has 2 atom stereocenters. The fourth-order valence-electron chi connectivity index (χ4n) is 2.51. The van der Waals surface area contributed by atoms with E-state index in [1.165, 1.54) is 7.11 Å². The van der Waals surface area contributed by atoms with Crippen LogP contribution in [0.1, 0.15) is 25.8 Å². The Hall–Kier alpha value is -1.92. The summed E-state index contributed by atoms with van der Waals surface area (Å²) in [6.07, 6.45) is 1.35. The smallest absolute Gasteiger partial charge is 0.322 e. The first-order valence-corrected chi connectivity index (χ1v) is 8.22. The van der Waals surface area contributed by atoms with E-state index in [2.05, 4.69) is 10.6 Å². The van der Waals surface area contributed by atoms with Gasteiger partial charge in [-0.15, -0.1) is 0 Å². The zero-order valence-electron chi connectivity index (χ0n) is 14.6. The number of hydrogen-bond donors (Lipinski definition) is 3. The van der Waals surface area contributed by atoms with Crippen molar-refractivity contribution in [2.24, 2.45) is 5.92 Å². The quantitative estimate of drug-likeness (QED) is 0.530. The molecule has 0 saturated heterocycles. The van der Waals surface area contributed by atoms with Gasteiger partial charge in [0.15, 0.2) is 0 Å². The Labute approximate surface area is 143 Å². The molecule has 0 aliphatic heterocycles. The molecule has 0 aromatic heterocycles. The van der Waals surface area contributed by atoms with Crippen LogP contribution in [0.25, 0.3) is 0 Å². The van der Waals surface area contributed by atoms with Crippen LogP contribution in [0.2, 0.25) is 0 Å². The van der Waals surface area contributed by atoms with E-state index < -0.39 is 5.97 Å². The maximum atomic E-state index is 11.9. The van der Waals surface area contributed by atoms with Crippen LogP contribution in [0.4, 0.5) is 0 Å². The molecule has 3 N–H and O–H groups in total. The van der Waals surface area contributed by atoms with Crippen LogP contribution in [-0.4, -0.2) is 49.3 Å². The lowest BCUT2D eigenvalue weighted by Gasteiger charge is -2.23. The lowest BCUT2D eigenvalue weighted by Crippen LogP contribution is -2.48. The van der Waals surface area contributed by atoms with E-state index in [0.717, 1.165) is 5.56 Å². The van der Waals surface area contributed by atoms with Gasteiger partial charge in [0.25, 0.3) is 0 Å². The summed E-state index contributed by atoms with van der Waals surface area (Å²) in [6, 6.07) is 9.36. The summed E-state index contributed by atoms with van der Waals surface area (Å²) in [5.41, 5.74) is 1.11. The van der Waals surface area contributed by atoms with Gasteiger partial charge in [-0.05, 0) is 24.3 Å². The van der Waals surface area contributed by atoms with E-state index in [0.29, 0.717) is 25.3 Å². The Morgan fingerprint density at radius 1 is 1.17 bits per heavy atom. The first-order chi connectivity index (χ1) is 11.4. The van der Waals surface area contributed by atoms with Crippen LogP contribution in [0.15, 0.2) is 30.3 Å². The molecule has 1 aromatic rings. The fraction of sp³-hybridized carbons (Fsp3) is 0.556. The number of hydrogen-bond acceptors (Lipinski definition) is 5. The van der Waals surface area contributed by atoms with Crippen molar-refractivity contribution in [3.05, 3.63) is 35.9 Å². The molecule has 0 bridgehead atoms. The zero-order chi connectivity index (χ0) is 17.9. The van der Waals surface area contributed by atoms with Crippen molar-refractivity contribution < 1.29 is 19.4 Å². The molecule has 0 radical (unpaired) electrons. The number of rotatable bonds is 11. The monoisotopic (exact) mass is 336 g/mol. The van der Waals surface area contributed by atoms with Crippen LogP contribution in [0.3, 0.4) is 0 Å². The predicted octanol–water partition coefficient (Wildman–Crippen LogP) is 1.45. The van der Waals surface area contributed by atoms with Crippen LogP contribution < -0.4 is 10.6 Å². The maximum absolute atomic E-state index is 11.9. The van der Waals surface area contributed by atoms with Gasteiger partial charge in [0.2, 0.25) is 0 Å². The molecule has 0 amide bonds. The van der Waals surface area contributed by atoms with Crippen LogP contribution in [0.5, 0.6) is 0 Å². The molecule has 1 rings (SSSR count). The molecule has 24 heavy (non-hydrogen) atoms. The minimum absolute atomic E-state index is 0.0946. The van der Waals surface area contributed by atoms with E-state index in [1.807, 2.05) is 44.2 Å². The summed E-state index contributed by atoms with van der Waals surface area (Å²) in [6.45, 7) is 4.45. The summed E-state index contributed by atoms with van der Waals surface area (Å²) < 4.78 is 4.85. The zero-order valence-corrected chi connectivity index (χ0v) is 14.6. The third-order valence-electron chi connectivity index (χ3n) is 3.67. The second-order valence-electron chi connectivity index (χ2n) is 6.27. The predicted molar refractivity (Wildman–Crippen MR) is 92.8 cm³/mol. The normalized spacial score (nSPS) is 13.5. The van der Waals surface area contributed by atoms with E-state index in [4.69, 9.17) is 9.84 Å². The highest BCUT2D eigenvalue weighted by Crippen LogP contribution is 2.08. The molecule has 6 nitrogen and oxygen atoms in total. The van der Waals surface area contributed by atoms with Gasteiger partial charge in [-0.2, -0.15) is 0 Å². The van der Waals surface area contributed by atoms with E-state index in [-0.39, 0.29) is 24.6 Å². The lowest BCUT2D eigenvalue weighted by molar-refractivity contribution is -0.143. The molecule has 0 spiro atoms. The molecule has 0 fully saturated rings. The number of nitrogens with one attached hydrogen (secondary N) is 2. The summed E-state index contributed by atoms with van der Waals surface area (Å²) in [7, 11) is 1.38. The third-order valence-corrected chi connectivity index (χ3v) is 3.67. The Morgan fingerprint density at radius 3 is 2.38 bits per heavy atom. The van der Waals surface area contributed by atoms with Gasteiger partial charge >= 0.3 is 11.9 Å². The highest BCUT2D eigenvalue weighted by atomic mass is 16.5. The van der Waals surface area contributed by atoms with Gasteiger partial charge in [-0.3, -0.25) is 9.59 Å². The molecule has 0 aliphatic rings. The summed E-state index contributed by atoms with van der Waals surface area (Å²) >= 11 is 0. The van der Waals surface area contributed by atoms with Gasteiger partial charge in [-0.1, -0.05) is 44.2 Å². The molecule has 1 aromatic carbocycles. The van der Waals surface area contributed by atoms with Gasteiger partial charge in [0.05, 0.1) is 13.7 Å². The molecule has 0 saturated carbocycles. The van der Waals surface area contributed by atoms with E-state index >= 15 is 0 Å². The van der Waals surface area contributed by atoms with Crippen molar-refractivity contribution in [3.8, 4) is 0 Å². The molecule has 0 heterocycles. The number of benzene rings is 1. The number of methoxy groups -OCH3 is 1. The molecule has 0 aliphatic carbocycles. The van der Waals surface area contributed by atoms with Crippen LogP contribution in [0, 0.1) is 5.92 Å². The first kappa shape index (κ1) is 20.1. The average molecular weight is 336 g/mol. The highest BCUT2D eigenvalue weighted by molar-refractivity contribution is 5.75. The molecular formula is C18H28N2O4. The van der Waals surface area contributed by atoms with Crippen molar-refractivity contribution in [2.75, 3.05) is 20.2 Å². The molecular weight excluding hydrogens is 308 g/mol. The van der Waals surface area contributed by atoms with Gasteiger partial charge < -0.3 is 20.5 Å². The lowest BCUT2D eigenvalue weighted by atomic mass is 10.0. The molecule has 6 heteroatoms. The number of ether oxygens (including phenoxy) is 1. The Balaban J connectivity index is 2.67. The number of esters is 1. The van der Waals surface area contributed by atoms with Crippen molar-refractivity contribution >= 4 is 11.9 Å². The van der Waals surface area contributed by atoms with Gasteiger partial charge in [-0.25, -0.2) is 0 Å².